The predicted molar refractivity (Wildman–Crippen MR) is 99.7 cm³/mol. The number of nitrogens with one attached hydrogen (secondary N) is 1. The number of urea groups is 1. The van der Waals surface area contributed by atoms with Crippen molar-refractivity contribution in [3.8, 4) is 0 Å². The second-order valence-electron chi connectivity index (χ2n) is 6.63. The van der Waals surface area contributed by atoms with Crippen LogP contribution in [0.5, 0.6) is 0 Å². The van der Waals surface area contributed by atoms with E-state index in [1.807, 2.05) is 41.4 Å². The van der Waals surface area contributed by atoms with E-state index in [0.717, 1.165) is 16.3 Å². The Kier molecular flexibility index (Phi) is 4.79. The maximum atomic E-state index is 12.8. The molecule has 3 aromatic rings. The van der Waals surface area contributed by atoms with Crippen LogP contribution < -0.4 is 5.32 Å². The Labute approximate surface area is 156 Å². The Bertz CT molecular complexity index is 850. The monoisotopic (exact) mass is 370 g/mol. The highest BCUT2D eigenvalue weighted by molar-refractivity contribution is 7.09. The van der Waals surface area contributed by atoms with Crippen LogP contribution in [0.2, 0.25) is 0 Å². The van der Waals surface area contributed by atoms with Gasteiger partial charge in [0, 0.05) is 23.5 Å². The first-order chi connectivity index (χ1) is 12.7. The van der Waals surface area contributed by atoms with E-state index in [9.17, 15) is 4.79 Å². The van der Waals surface area contributed by atoms with Gasteiger partial charge in [-0.05, 0) is 42.5 Å². The number of hydrogen-bond donors (Lipinski definition) is 1. The Morgan fingerprint density at radius 2 is 2.27 bits per heavy atom. The van der Waals surface area contributed by atoms with E-state index in [2.05, 4.69) is 16.5 Å². The number of thiophene rings is 1. The molecular formula is C19H22N4O2S. The highest BCUT2D eigenvalue weighted by Gasteiger charge is 2.28. The molecule has 1 N–H and O–H groups in total. The minimum Gasteiger partial charge on any atom is -0.467 e. The lowest BCUT2D eigenvalue weighted by Crippen LogP contribution is -2.38. The van der Waals surface area contributed by atoms with Gasteiger partial charge >= 0.3 is 6.03 Å². The molecule has 0 aromatic carbocycles. The molecule has 1 aliphatic rings. The van der Waals surface area contributed by atoms with E-state index in [1.165, 1.54) is 18.5 Å². The van der Waals surface area contributed by atoms with Crippen LogP contribution >= 0.6 is 11.3 Å². The van der Waals surface area contributed by atoms with Gasteiger partial charge in [0.05, 0.1) is 31.6 Å². The highest BCUT2D eigenvalue weighted by Crippen LogP contribution is 2.40. The molecule has 136 valence electrons. The van der Waals surface area contributed by atoms with Gasteiger partial charge in [-0.3, -0.25) is 4.68 Å². The van der Waals surface area contributed by atoms with E-state index in [0.29, 0.717) is 25.6 Å². The Morgan fingerprint density at radius 3 is 2.96 bits per heavy atom. The van der Waals surface area contributed by atoms with Gasteiger partial charge in [-0.25, -0.2) is 4.79 Å². The molecule has 26 heavy (non-hydrogen) atoms. The Hall–Kier alpha value is -2.54. The number of nitrogens with zero attached hydrogens (tertiary/aromatic N) is 3. The molecular weight excluding hydrogens is 348 g/mol. The lowest BCUT2D eigenvalue weighted by Gasteiger charge is -2.21. The van der Waals surface area contributed by atoms with Gasteiger partial charge in [0.25, 0.3) is 0 Å². The summed E-state index contributed by atoms with van der Waals surface area (Å²) in [5, 5.41) is 9.60. The van der Waals surface area contributed by atoms with Crippen LogP contribution in [0, 0.1) is 0 Å². The van der Waals surface area contributed by atoms with Crippen molar-refractivity contribution in [3.63, 3.8) is 0 Å². The first kappa shape index (κ1) is 16.9. The standard InChI is InChI=1S/C19H22N4O2S/c1-22-18(14-6-7-14)10-15(21-22)12-23(13-16-4-2-8-25-16)19(24)20-11-17-5-3-9-26-17/h2-5,8-10,14H,6-7,11-13H2,1H3,(H,20,24). The third-order valence-electron chi connectivity index (χ3n) is 4.52. The zero-order chi connectivity index (χ0) is 17.9. The molecule has 0 aliphatic heterocycles. The van der Waals surface area contributed by atoms with E-state index >= 15 is 0 Å². The largest absolute Gasteiger partial charge is 0.467 e. The van der Waals surface area contributed by atoms with Crippen molar-refractivity contribution in [2.24, 2.45) is 7.05 Å². The molecule has 0 bridgehead atoms. The summed E-state index contributed by atoms with van der Waals surface area (Å²) < 4.78 is 7.38. The van der Waals surface area contributed by atoms with Crippen molar-refractivity contribution in [1.82, 2.24) is 20.0 Å². The summed E-state index contributed by atoms with van der Waals surface area (Å²) in [6.07, 6.45) is 4.09. The normalized spacial score (nSPS) is 13.7. The van der Waals surface area contributed by atoms with Crippen LogP contribution in [0.25, 0.3) is 0 Å². The van der Waals surface area contributed by atoms with Crippen molar-refractivity contribution in [3.05, 3.63) is 64.0 Å². The summed E-state index contributed by atoms with van der Waals surface area (Å²) in [5.74, 6) is 1.39. The van der Waals surface area contributed by atoms with Gasteiger partial charge in [-0.2, -0.15) is 5.10 Å². The maximum Gasteiger partial charge on any atom is 0.318 e. The number of carbonyl (C=O) groups is 1. The second kappa shape index (κ2) is 7.37. The smallest absolute Gasteiger partial charge is 0.318 e. The summed E-state index contributed by atoms with van der Waals surface area (Å²) in [6.45, 7) is 1.40. The number of rotatable bonds is 7. The molecule has 0 saturated heterocycles. The van der Waals surface area contributed by atoms with Crippen LogP contribution in [-0.4, -0.2) is 20.7 Å². The third-order valence-corrected chi connectivity index (χ3v) is 5.40. The van der Waals surface area contributed by atoms with Crippen LogP contribution in [0.4, 0.5) is 4.79 Å². The molecule has 0 radical (unpaired) electrons. The number of amides is 2. The van der Waals surface area contributed by atoms with Gasteiger partial charge in [0.15, 0.2) is 0 Å². The van der Waals surface area contributed by atoms with Crippen molar-refractivity contribution in [2.75, 3.05) is 0 Å². The van der Waals surface area contributed by atoms with Crippen molar-refractivity contribution in [1.29, 1.82) is 0 Å². The summed E-state index contributed by atoms with van der Waals surface area (Å²) in [6, 6.07) is 9.73. The van der Waals surface area contributed by atoms with Crippen molar-refractivity contribution >= 4 is 17.4 Å². The van der Waals surface area contributed by atoms with Gasteiger partial charge in [-0.15, -0.1) is 11.3 Å². The number of carbonyl (C=O) groups excluding carboxylic acids is 1. The first-order valence-electron chi connectivity index (χ1n) is 8.79. The van der Waals surface area contributed by atoms with Crippen LogP contribution in [-0.2, 0) is 26.7 Å². The zero-order valence-corrected chi connectivity index (χ0v) is 15.5. The topological polar surface area (TPSA) is 63.3 Å². The second-order valence-corrected chi connectivity index (χ2v) is 7.66. The fourth-order valence-electron chi connectivity index (χ4n) is 3.06. The lowest BCUT2D eigenvalue weighted by molar-refractivity contribution is 0.186. The third kappa shape index (κ3) is 3.99. The van der Waals surface area contributed by atoms with Crippen molar-refractivity contribution in [2.45, 2.75) is 38.4 Å². The summed E-state index contributed by atoms with van der Waals surface area (Å²) in [4.78, 5) is 15.6. The summed E-state index contributed by atoms with van der Waals surface area (Å²) >= 11 is 1.63. The van der Waals surface area contributed by atoms with Crippen LogP contribution in [0.1, 0.15) is 40.8 Å². The summed E-state index contributed by atoms with van der Waals surface area (Å²) in [7, 11) is 1.98. The highest BCUT2D eigenvalue weighted by atomic mass is 32.1. The molecule has 6 nitrogen and oxygen atoms in total. The number of aryl methyl sites for hydroxylation is 1. The minimum atomic E-state index is -0.117. The van der Waals surface area contributed by atoms with Gasteiger partial charge < -0.3 is 14.6 Å². The fourth-order valence-corrected chi connectivity index (χ4v) is 3.70. The molecule has 3 heterocycles. The lowest BCUT2D eigenvalue weighted by atomic mass is 10.2. The van der Waals surface area contributed by atoms with Gasteiger partial charge in [0.2, 0.25) is 0 Å². The van der Waals surface area contributed by atoms with E-state index in [1.54, 1.807) is 22.5 Å². The Morgan fingerprint density at radius 1 is 1.38 bits per heavy atom. The maximum absolute atomic E-state index is 12.8. The molecule has 4 rings (SSSR count). The molecule has 1 saturated carbocycles. The van der Waals surface area contributed by atoms with E-state index in [4.69, 9.17) is 4.42 Å². The minimum absolute atomic E-state index is 0.117. The quantitative estimate of drug-likeness (QED) is 0.687. The molecule has 2 amide bonds. The van der Waals surface area contributed by atoms with Crippen LogP contribution in [0.3, 0.4) is 0 Å². The van der Waals surface area contributed by atoms with Crippen LogP contribution in [0.15, 0.2) is 46.4 Å². The summed E-state index contributed by atoms with van der Waals surface area (Å²) in [5.41, 5.74) is 2.17. The van der Waals surface area contributed by atoms with Crippen molar-refractivity contribution < 1.29 is 9.21 Å². The SMILES string of the molecule is Cn1nc(CN(Cc2ccco2)C(=O)NCc2cccs2)cc1C1CC1. The molecule has 1 aliphatic carbocycles. The zero-order valence-electron chi connectivity index (χ0n) is 14.7. The molecule has 0 atom stereocenters. The average molecular weight is 370 g/mol. The van der Waals surface area contributed by atoms with Gasteiger partial charge in [-0.1, -0.05) is 6.07 Å². The Balaban J connectivity index is 1.46. The fraction of sp³-hybridized carbons (Fsp3) is 0.368. The van der Waals surface area contributed by atoms with E-state index in [-0.39, 0.29) is 6.03 Å². The first-order valence-corrected chi connectivity index (χ1v) is 9.67. The van der Waals surface area contributed by atoms with E-state index < -0.39 is 0 Å². The molecule has 3 aromatic heterocycles. The molecule has 1 fully saturated rings. The molecule has 7 heteroatoms. The van der Waals surface area contributed by atoms with Gasteiger partial charge in [0.1, 0.15) is 5.76 Å². The number of hydrogen-bond acceptors (Lipinski definition) is 4. The molecule has 0 unspecified atom stereocenters. The molecule has 0 spiro atoms. The average Bonchev–Trinajstić information content (AvgIpc) is 3.04. The predicted octanol–water partition coefficient (Wildman–Crippen LogP) is 3.86. The number of furan rings is 1. The number of aromatic nitrogens is 2.